The average molecular weight is 368 g/mol. The van der Waals surface area contributed by atoms with Gasteiger partial charge in [0, 0.05) is 18.7 Å². The van der Waals surface area contributed by atoms with Gasteiger partial charge in [-0.15, -0.1) is 0 Å². The molecule has 2 N–H and O–H groups in total. The molecule has 0 aromatic carbocycles. The molecule has 0 radical (unpaired) electrons. The van der Waals surface area contributed by atoms with E-state index < -0.39 is 0 Å². The first-order valence-electron chi connectivity index (χ1n) is 9.31. The largest absolute Gasteiger partial charge is 0.466 e. The van der Waals surface area contributed by atoms with Crippen LogP contribution in [-0.4, -0.2) is 40.6 Å². The van der Waals surface area contributed by atoms with Gasteiger partial charge < -0.3 is 19.6 Å². The van der Waals surface area contributed by atoms with E-state index in [1.807, 2.05) is 37.8 Å². The van der Waals surface area contributed by atoms with Crippen LogP contribution in [0.3, 0.4) is 0 Å². The number of pyridine rings is 1. The van der Waals surface area contributed by atoms with E-state index in [1.165, 1.54) is 0 Å². The summed E-state index contributed by atoms with van der Waals surface area (Å²) in [4.78, 5) is 19.8. The lowest BCUT2D eigenvalue weighted by Gasteiger charge is -2.31. The predicted octanol–water partition coefficient (Wildman–Crippen LogP) is 3.22. The highest BCUT2D eigenvalue weighted by molar-refractivity contribution is 6.07. The number of nitrogens with two attached hydrogens (primary N) is 1. The van der Waals surface area contributed by atoms with Gasteiger partial charge >= 0.3 is 0 Å². The molecule has 0 spiro atoms. The van der Waals surface area contributed by atoms with E-state index in [1.54, 1.807) is 0 Å². The minimum absolute atomic E-state index is 0.0108. The number of aryl methyl sites for hydroxylation is 3. The van der Waals surface area contributed by atoms with E-state index in [4.69, 9.17) is 14.7 Å². The van der Waals surface area contributed by atoms with Crippen LogP contribution < -0.4 is 5.73 Å². The number of rotatable bonds is 3. The van der Waals surface area contributed by atoms with Crippen molar-refractivity contribution in [2.75, 3.05) is 19.6 Å². The maximum Gasteiger partial charge on any atom is 0.259 e. The van der Waals surface area contributed by atoms with Crippen LogP contribution in [0.25, 0.3) is 22.4 Å². The van der Waals surface area contributed by atoms with E-state index in [0.717, 1.165) is 29.9 Å². The third kappa shape index (κ3) is 3.12. The van der Waals surface area contributed by atoms with Crippen LogP contribution >= 0.6 is 0 Å². The molecule has 1 amide bonds. The average Bonchev–Trinajstić information content (AvgIpc) is 3.22. The Bertz CT molecular complexity index is 996. The summed E-state index contributed by atoms with van der Waals surface area (Å²) >= 11 is 0. The van der Waals surface area contributed by atoms with E-state index in [0.29, 0.717) is 53.6 Å². The van der Waals surface area contributed by atoms with E-state index in [-0.39, 0.29) is 5.91 Å². The lowest BCUT2D eigenvalue weighted by molar-refractivity contribution is 0.0695. The van der Waals surface area contributed by atoms with Crippen molar-refractivity contribution in [1.82, 2.24) is 15.0 Å². The van der Waals surface area contributed by atoms with Crippen LogP contribution in [0.4, 0.5) is 0 Å². The van der Waals surface area contributed by atoms with E-state index in [2.05, 4.69) is 10.1 Å². The number of carbonyl (C=O) groups is 1. The monoisotopic (exact) mass is 368 g/mol. The molecule has 0 saturated carbocycles. The molecule has 4 rings (SSSR count). The molecular weight excluding hydrogens is 344 g/mol. The van der Waals surface area contributed by atoms with Gasteiger partial charge in [0.05, 0.1) is 22.3 Å². The van der Waals surface area contributed by atoms with Gasteiger partial charge in [-0.25, -0.2) is 4.98 Å². The van der Waals surface area contributed by atoms with Crippen molar-refractivity contribution in [3.63, 3.8) is 0 Å². The SMILES string of the molecule is Cc1cc(-c2cc(C(=O)N3CCC(CN)CC3)c3c(C)noc3n2)c(C)o1. The first-order chi connectivity index (χ1) is 13.0. The summed E-state index contributed by atoms with van der Waals surface area (Å²) < 4.78 is 11.0. The molecule has 7 heteroatoms. The third-order valence-corrected chi connectivity index (χ3v) is 5.40. The topological polar surface area (TPSA) is 98.4 Å². The van der Waals surface area contributed by atoms with Crippen LogP contribution in [0.15, 0.2) is 21.1 Å². The first kappa shape index (κ1) is 17.7. The smallest absolute Gasteiger partial charge is 0.259 e. The molecule has 7 nitrogen and oxygen atoms in total. The summed E-state index contributed by atoms with van der Waals surface area (Å²) in [5, 5.41) is 4.71. The Morgan fingerprint density at radius 1 is 1.26 bits per heavy atom. The lowest BCUT2D eigenvalue weighted by atomic mass is 9.96. The number of carbonyl (C=O) groups excluding carboxylic acids is 1. The normalized spacial score (nSPS) is 15.6. The zero-order valence-corrected chi connectivity index (χ0v) is 15.9. The molecule has 3 aromatic heterocycles. The molecule has 0 bridgehead atoms. The molecule has 1 aliphatic heterocycles. The molecule has 27 heavy (non-hydrogen) atoms. The van der Waals surface area contributed by atoms with Crippen LogP contribution in [0.1, 0.15) is 40.4 Å². The molecule has 1 fully saturated rings. The van der Waals surface area contributed by atoms with Crippen molar-refractivity contribution in [1.29, 1.82) is 0 Å². The predicted molar refractivity (Wildman–Crippen MR) is 101 cm³/mol. The maximum atomic E-state index is 13.3. The van der Waals surface area contributed by atoms with Gasteiger partial charge in [0.2, 0.25) is 0 Å². The number of piperidine rings is 1. The van der Waals surface area contributed by atoms with Gasteiger partial charge in [0.1, 0.15) is 11.5 Å². The fourth-order valence-corrected chi connectivity index (χ4v) is 3.83. The fraction of sp³-hybridized carbons (Fsp3) is 0.450. The van der Waals surface area contributed by atoms with Gasteiger partial charge in [0.15, 0.2) is 0 Å². The number of fused-ring (bicyclic) bond motifs is 1. The van der Waals surface area contributed by atoms with E-state index in [9.17, 15) is 4.79 Å². The second kappa shape index (κ2) is 6.81. The fourth-order valence-electron chi connectivity index (χ4n) is 3.83. The highest BCUT2D eigenvalue weighted by Crippen LogP contribution is 2.31. The maximum absolute atomic E-state index is 13.3. The summed E-state index contributed by atoms with van der Waals surface area (Å²) in [5.74, 6) is 2.05. The van der Waals surface area contributed by atoms with Crippen molar-refractivity contribution in [2.45, 2.75) is 33.6 Å². The summed E-state index contributed by atoms with van der Waals surface area (Å²) in [6, 6.07) is 3.76. The zero-order valence-electron chi connectivity index (χ0n) is 15.9. The minimum Gasteiger partial charge on any atom is -0.466 e. The van der Waals surface area contributed by atoms with Crippen LogP contribution in [0, 0.1) is 26.7 Å². The van der Waals surface area contributed by atoms with Crippen LogP contribution in [0.2, 0.25) is 0 Å². The highest BCUT2D eigenvalue weighted by atomic mass is 16.5. The van der Waals surface area contributed by atoms with Gasteiger partial charge in [0.25, 0.3) is 11.6 Å². The molecule has 142 valence electrons. The van der Waals surface area contributed by atoms with E-state index >= 15 is 0 Å². The molecule has 0 unspecified atom stereocenters. The highest BCUT2D eigenvalue weighted by Gasteiger charge is 2.27. The van der Waals surface area contributed by atoms with Crippen molar-refractivity contribution < 1.29 is 13.7 Å². The molecular formula is C20H24N4O3. The van der Waals surface area contributed by atoms with Gasteiger partial charge in [-0.1, -0.05) is 5.16 Å². The van der Waals surface area contributed by atoms with Gasteiger partial charge in [-0.2, -0.15) is 0 Å². The number of amides is 1. The third-order valence-electron chi connectivity index (χ3n) is 5.40. The lowest BCUT2D eigenvalue weighted by Crippen LogP contribution is -2.40. The molecule has 0 atom stereocenters. The molecule has 1 saturated heterocycles. The molecule has 3 aromatic rings. The summed E-state index contributed by atoms with van der Waals surface area (Å²) in [6.45, 7) is 7.72. The number of hydrogen-bond acceptors (Lipinski definition) is 6. The molecule has 1 aliphatic rings. The first-order valence-corrected chi connectivity index (χ1v) is 9.31. The molecule has 4 heterocycles. The Balaban J connectivity index is 1.78. The van der Waals surface area contributed by atoms with Gasteiger partial charge in [-0.3, -0.25) is 4.79 Å². The Morgan fingerprint density at radius 3 is 2.63 bits per heavy atom. The Morgan fingerprint density at radius 2 is 2.00 bits per heavy atom. The summed E-state index contributed by atoms with van der Waals surface area (Å²) in [5.41, 5.74) is 8.93. The quantitative estimate of drug-likeness (QED) is 0.762. The van der Waals surface area contributed by atoms with Crippen molar-refractivity contribution in [3.05, 3.63) is 34.9 Å². The summed E-state index contributed by atoms with van der Waals surface area (Å²) in [7, 11) is 0. The van der Waals surface area contributed by atoms with Crippen molar-refractivity contribution in [2.24, 2.45) is 11.7 Å². The van der Waals surface area contributed by atoms with Gasteiger partial charge in [-0.05, 0) is 58.2 Å². The Kier molecular flexibility index (Phi) is 4.47. The minimum atomic E-state index is -0.0108. The standard InChI is InChI=1S/C20H24N4O3/c1-11-8-15(13(3)26-11)17-9-16(18-12(2)23-27-19(18)22-17)20(25)24-6-4-14(10-21)5-7-24/h8-9,14H,4-7,10,21H2,1-3H3. The van der Waals surface area contributed by atoms with Crippen molar-refractivity contribution >= 4 is 17.0 Å². The second-order valence-electron chi connectivity index (χ2n) is 7.30. The van der Waals surface area contributed by atoms with Crippen LogP contribution in [0.5, 0.6) is 0 Å². The Labute approximate surface area is 157 Å². The number of nitrogens with zero attached hydrogens (tertiary/aromatic N) is 3. The number of likely N-dealkylation sites (tertiary alicyclic amines) is 1. The number of hydrogen-bond donors (Lipinski definition) is 1. The summed E-state index contributed by atoms with van der Waals surface area (Å²) in [6.07, 6.45) is 1.87. The van der Waals surface area contributed by atoms with Crippen LogP contribution in [-0.2, 0) is 0 Å². The molecule has 0 aliphatic carbocycles. The van der Waals surface area contributed by atoms with Crippen molar-refractivity contribution in [3.8, 4) is 11.3 Å². The number of furan rings is 1. The zero-order chi connectivity index (χ0) is 19.1. The second-order valence-corrected chi connectivity index (χ2v) is 7.30. The Hall–Kier alpha value is -2.67. The number of aromatic nitrogens is 2.